The molecule has 3 heterocycles. The third-order valence-electron chi connectivity index (χ3n) is 3.62. The molecule has 0 fully saturated rings. The molecular weight excluding hydrogens is 344 g/mol. The Balaban J connectivity index is 1.80. The fourth-order valence-electron chi connectivity index (χ4n) is 2.38. The van der Waals surface area contributed by atoms with E-state index in [0.717, 1.165) is 11.4 Å². The summed E-state index contributed by atoms with van der Waals surface area (Å²) in [7, 11) is 0. The van der Waals surface area contributed by atoms with Crippen LogP contribution < -0.4 is 20.7 Å². The molecule has 0 spiro atoms. The Bertz CT molecular complexity index is 808. The highest BCUT2D eigenvalue weighted by Crippen LogP contribution is 2.33. The maximum absolute atomic E-state index is 12.6. The molecule has 0 aromatic carbocycles. The number of anilines is 3. The lowest BCUT2D eigenvalue weighted by Crippen LogP contribution is -2.49. The Morgan fingerprint density at radius 1 is 1.40 bits per heavy atom. The van der Waals surface area contributed by atoms with E-state index in [0.29, 0.717) is 17.3 Å². The number of rotatable bonds is 5. The maximum Gasteiger partial charge on any atom is 0.269 e. The number of hydrogen-bond acceptors (Lipinski definition) is 8. The van der Waals surface area contributed by atoms with Crippen molar-refractivity contribution >= 4 is 39.9 Å². The van der Waals surface area contributed by atoms with Gasteiger partial charge in [0.25, 0.3) is 5.91 Å². The van der Waals surface area contributed by atoms with Crippen LogP contribution in [0.15, 0.2) is 12.1 Å². The number of carbonyl (C=O) groups excluding carboxylic acids is 2. The summed E-state index contributed by atoms with van der Waals surface area (Å²) in [6.07, 6.45) is 0.570. The van der Waals surface area contributed by atoms with Crippen molar-refractivity contribution in [3.8, 4) is 5.75 Å². The van der Waals surface area contributed by atoms with Gasteiger partial charge in [0.1, 0.15) is 17.4 Å². The van der Waals surface area contributed by atoms with Crippen molar-refractivity contribution < 1.29 is 14.3 Å². The normalized spacial score (nSPS) is 16.3. The van der Waals surface area contributed by atoms with Gasteiger partial charge in [0.05, 0.1) is 0 Å². The number of nitrogen functional groups attached to an aromatic ring is 1. The van der Waals surface area contributed by atoms with Crippen molar-refractivity contribution in [3.63, 3.8) is 0 Å². The second-order valence-electron chi connectivity index (χ2n) is 5.40. The fraction of sp³-hybridized carbons (Fsp3) is 0.400. The number of amides is 2. The minimum Gasteiger partial charge on any atom is -0.477 e. The van der Waals surface area contributed by atoms with Crippen LogP contribution in [-0.4, -0.2) is 39.6 Å². The zero-order valence-corrected chi connectivity index (χ0v) is 14.7. The predicted molar refractivity (Wildman–Crippen MR) is 93.6 cm³/mol. The van der Waals surface area contributed by atoms with Crippen LogP contribution >= 0.6 is 11.3 Å². The first-order valence-corrected chi connectivity index (χ1v) is 8.70. The van der Waals surface area contributed by atoms with E-state index in [1.54, 1.807) is 12.1 Å². The lowest BCUT2D eigenvalue weighted by atomic mass is 10.2. The minimum absolute atomic E-state index is 0.205. The van der Waals surface area contributed by atoms with E-state index in [4.69, 9.17) is 10.5 Å². The van der Waals surface area contributed by atoms with Crippen LogP contribution in [0.1, 0.15) is 25.3 Å². The summed E-state index contributed by atoms with van der Waals surface area (Å²) in [5.41, 5.74) is 5.71. The van der Waals surface area contributed by atoms with Gasteiger partial charge in [-0.3, -0.25) is 19.8 Å². The quantitative estimate of drug-likeness (QED) is 0.819. The zero-order valence-electron chi connectivity index (χ0n) is 13.9. The molecule has 3 rings (SSSR count). The van der Waals surface area contributed by atoms with Gasteiger partial charge in [0, 0.05) is 0 Å². The molecule has 3 N–H and O–H groups in total. The van der Waals surface area contributed by atoms with Gasteiger partial charge < -0.3 is 10.5 Å². The lowest BCUT2D eigenvalue weighted by Gasteiger charge is -2.32. The number of nitrogens with two attached hydrogens (primary N) is 1. The van der Waals surface area contributed by atoms with Crippen LogP contribution in [0.5, 0.6) is 5.75 Å². The minimum atomic E-state index is -0.654. The van der Waals surface area contributed by atoms with Crippen molar-refractivity contribution in [1.29, 1.82) is 0 Å². The zero-order chi connectivity index (χ0) is 18.0. The van der Waals surface area contributed by atoms with E-state index >= 15 is 0 Å². The molecule has 0 saturated heterocycles. The van der Waals surface area contributed by atoms with Crippen LogP contribution in [0.4, 0.5) is 16.8 Å². The Kier molecular flexibility index (Phi) is 4.79. The van der Waals surface area contributed by atoms with Crippen LogP contribution in [0, 0.1) is 0 Å². The molecule has 1 aliphatic rings. The average molecular weight is 362 g/mol. The van der Waals surface area contributed by atoms with Crippen molar-refractivity contribution in [2.75, 3.05) is 22.5 Å². The molecule has 2 aromatic heterocycles. The molecule has 132 valence electrons. The highest BCUT2D eigenvalue weighted by molar-refractivity contribution is 7.15. The molecule has 1 aliphatic heterocycles. The lowest BCUT2D eigenvalue weighted by molar-refractivity contribution is -0.128. The standard InChI is InChI=1S/C15H18N6O3S/c1-3-8-14(23)21(13-9(24-8)5-6-10(16)17-13)7-11(22)18-15-20-19-12(4-2)25-15/h5-6,8H,3-4,7H2,1-2H3,(H2,16,17)(H,18,20,22). The number of ether oxygens (including phenoxy) is 1. The number of nitrogens with zero attached hydrogens (tertiary/aromatic N) is 4. The first kappa shape index (κ1) is 17.1. The molecule has 10 heteroatoms. The fourth-order valence-corrected chi connectivity index (χ4v) is 3.07. The molecule has 0 radical (unpaired) electrons. The van der Waals surface area contributed by atoms with Crippen molar-refractivity contribution in [2.45, 2.75) is 32.8 Å². The summed E-state index contributed by atoms with van der Waals surface area (Å²) in [6, 6.07) is 3.24. The van der Waals surface area contributed by atoms with Gasteiger partial charge in [0.15, 0.2) is 17.7 Å². The van der Waals surface area contributed by atoms with Crippen LogP contribution in [-0.2, 0) is 16.0 Å². The molecule has 0 aliphatic carbocycles. The van der Waals surface area contributed by atoms with E-state index < -0.39 is 6.10 Å². The van der Waals surface area contributed by atoms with E-state index in [2.05, 4.69) is 20.5 Å². The molecule has 2 aromatic rings. The van der Waals surface area contributed by atoms with Gasteiger partial charge >= 0.3 is 0 Å². The molecule has 2 amide bonds. The predicted octanol–water partition coefficient (Wildman–Crippen LogP) is 1.22. The Hall–Kier alpha value is -2.75. The van der Waals surface area contributed by atoms with E-state index in [1.807, 2.05) is 13.8 Å². The first-order valence-electron chi connectivity index (χ1n) is 7.88. The van der Waals surface area contributed by atoms with Gasteiger partial charge in [-0.15, -0.1) is 10.2 Å². The Morgan fingerprint density at radius 2 is 2.20 bits per heavy atom. The largest absolute Gasteiger partial charge is 0.477 e. The number of carbonyl (C=O) groups is 2. The number of nitrogens with one attached hydrogen (secondary N) is 1. The molecule has 9 nitrogen and oxygen atoms in total. The summed E-state index contributed by atoms with van der Waals surface area (Å²) in [5.74, 6) is 0.204. The smallest absolute Gasteiger partial charge is 0.269 e. The summed E-state index contributed by atoms with van der Waals surface area (Å²) in [6.45, 7) is 3.59. The molecular formula is C15H18N6O3S. The number of aromatic nitrogens is 3. The molecule has 25 heavy (non-hydrogen) atoms. The van der Waals surface area contributed by atoms with Gasteiger partial charge in [-0.25, -0.2) is 4.98 Å². The van der Waals surface area contributed by atoms with Crippen LogP contribution in [0.2, 0.25) is 0 Å². The average Bonchev–Trinajstić information content (AvgIpc) is 3.05. The first-order chi connectivity index (χ1) is 12.0. The van der Waals surface area contributed by atoms with Crippen molar-refractivity contribution in [2.24, 2.45) is 0 Å². The van der Waals surface area contributed by atoms with Crippen LogP contribution in [0.3, 0.4) is 0 Å². The van der Waals surface area contributed by atoms with Gasteiger partial charge in [0.2, 0.25) is 11.0 Å². The topological polar surface area (TPSA) is 123 Å². The van der Waals surface area contributed by atoms with E-state index in [-0.39, 0.29) is 30.0 Å². The molecule has 1 atom stereocenters. The Morgan fingerprint density at radius 3 is 2.88 bits per heavy atom. The molecule has 0 saturated carbocycles. The second kappa shape index (κ2) is 7.01. The van der Waals surface area contributed by atoms with E-state index in [1.165, 1.54) is 16.2 Å². The highest BCUT2D eigenvalue weighted by Gasteiger charge is 2.35. The van der Waals surface area contributed by atoms with Crippen LogP contribution in [0.25, 0.3) is 0 Å². The number of hydrogen-bond donors (Lipinski definition) is 2. The molecule has 1 unspecified atom stereocenters. The molecule has 0 bridgehead atoms. The summed E-state index contributed by atoms with van der Waals surface area (Å²) in [5, 5.41) is 11.7. The maximum atomic E-state index is 12.6. The van der Waals surface area contributed by atoms with E-state index in [9.17, 15) is 9.59 Å². The summed E-state index contributed by atoms with van der Waals surface area (Å²) >= 11 is 1.30. The third kappa shape index (κ3) is 3.53. The summed E-state index contributed by atoms with van der Waals surface area (Å²) in [4.78, 5) is 30.4. The highest BCUT2D eigenvalue weighted by atomic mass is 32.1. The van der Waals surface area contributed by atoms with Crippen molar-refractivity contribution in [1.82, 2.24) is 15.2 Å². The monoisotopic (exact) mass is 362 g/mol. The summed E-state index contributed by atoms with van der Waals surface area (Å²) < 4.78 is 5.64. The van der Waals surface area contributed by atoms with Gasteiger partial charge in [-0.1, -0.05) is 25.2 Å². The number of pyridine rings is 1. The number of aryl methyl sites for hydroxylation is 1. The van der Waals surface area contributed by atoms with Gasteiger partial charge in [-0.2, -0.15) is 0 Å². The SMILES string of the molecule is CCc1nnc(NC(=O)CN2C(=O)C(CC)Oc3ccc(N)nc32)s1. The van der Waals surface area contributed by atoms with Crippen molar-refractivity contribution in [3.05, 3.63) is 17.1 Å². The third-order valence-corrected chi connectivity index (χ3v) is 4.60. The number of fused-ring (bicyclic) bond motifs is 1. The Labute approximate surface area is 148 Å². The second-order valence-corrected chi connectivity index (χ2v) is 6.46. The van der Waals surface area contributed by atoms with Gasteiger partial charge in [-0.05, 0) is 25.0 Å².